The predicted octanol–water partition coefficient (Wildman–Crippen LogP) is 4.98. The molecule has 30 heavy (non-hydrogen) atoms. The number of rotatable bonds is 7. The molecule has 4 N–H and O–H groups in total. The first-order valence-corrected chi connectivity index (χ1v) is 9.43. The van der Waals surface area contributed by atoms with Gasteiger partial charge in [0.25, 0.3) is 0 Å². The monoisotopic (exact) mass is 398 g/mol. The van der Waals surface area contributed by atoms with Crippen LogP contribution in [0.5, 0.6) is 5.75 Å². The van der Waals surface area contributed by atoms with Crippen LogP contribution in [-0.4, -0.2) is 17.1 Å². The Labute approximate surface area is 175 Å². The molecule has 0 spiro atoms. The van der Waals surface area contributed by atoms with Crippen LogP contribution < -0.4 is 26.2 Å². The Kier molecular flexibility index (Phi) is 5.61. The molecule has 1 heterocycles. The molecule has 0 aliphatic carbocycles. The second kappa shape index (κ2) is 8.83. The van der Waals surface area contributed by atoms with Crippen molar-refractivity contribution in [1.29, 1.82) is 0 Å². The number of ether oxygens (including phenoxy) is 1. The second-order valence-electron chi connectivity index (χ2n) is 6.43. The Morgan fingerprint density at radius 1 is 0.767 bits per heavy atom. The zero-order valence-corrected chi connectivity index (χ0v) is 16.5. The second-order valence-corrected chi connectivity index (χ2v) is 6.43. The Hall–Kier alpha value is -4.26. The topological polar surface area (TPSA) is 88.3 Å². The molecule has 4 aromatic rings. The molecule has 0 bridgehead atoms. The van der Waals surface area contributed by atoms with Crippen molar-refractivity contribution in [2.45, 2.75) is 0 Å². The number of nitrogen functional groups attached to an aromatic ring is 1. The molecule has 4 rings (SSSR count). The summed E-state index contributed by atoms with van der Waals surface area (Å²) in [7, 11) is 1.62. The van der Waals surface area contributed by atoms with Gasteiger partial charge in [-0.3, -0.25) is 10.4 Å². The van der Waals surface area contributed by atoms with Gasteiger partial charge in [-0.15, -0.1) is 0 Å². The molecule has 0 unspecified atom stereocenters. The number of nitrogens with two attached hydrogens (primary N) is 1. The zero-order chi connectivity index (χ0) is 20.8. The lowest BCUT2D eigenvalue weighted by Crippen LogP contribution is -2.26. The van der Waals surface area contributed by atoms with E-state index in [-0.39, 0.29) is 0 Å². The number of methoxy groups -OCH3 is 1. The van der Waals surface area contributed by atoms with E-state index in [2.05, 4.69) is 20.7 Å². The van der Waals surface area contributed by atoms with Crippen LogP contribution in [0.15, 0.2) is 91.3 Å². The van der Waals surface area contributed by atoms with Gasteiger partial charge >= 0.3 is 0 Å². The highest BCUT2D eigenvalue weighted by Crippen LogP contribution is 2.32. The summed E-state index contributed by atoms with van der Waals surface area (Å²) in [5.74, 6) is 1.66. The third kappa shape index (κ3) is 4.10. The Morgan fingerprint density at radius 2 is 1.33 bits per heavy atom. The van der Waals surface area contributed by atoms with Gasteiger partial charge < -0.3 is 15.8 Å². The first kappa shape index (κ1) is 19.1. The lowest BCUT2D eigenvalue weighted by Gasteiger charge is -2.27. The minimum Gasteiger partial charge on any atom is -0.495 e. The molecule has 0 fully saturated rings. The van der Waals surface area contributed by atoms with E-state index in [1.165, 1.54) is 6.33 Å². The Morgan fingerprint density at radius 3 is 1.97 bits per heavy atom. The highest BCUT2D eigenvalue weighted by molar-refractivity contribution is 5.81. The van der Waals surface area contributed by atoms with Gasteiger partial charge in [-0.05, 0) is 36.4 Å². The van der Waals surface area contributed by atoms with Gasteiger partial charge in [-0.25, -0.2) is 9.97 Å². The van der Waals surface area contributed by atoms with Crippen molar-refractivity contribution in [2.24, 2.45) is 0 Å². The molecule has 0 aliphatic heterocycles. The molecule has 0 saturated carbocycles. The lowest BCUT2D eigenvalue weighted by molar-refractivity contribution is 0.417. The van der Waals surface area contributed by atoms with Crippen LogP contribution in [0.1, 0.15) is 0 Å². The fourth-order valence-electron chi connectivity index (χ4n) is 3.00. The number of para-hydroxylation sites is 4. The fourth-order valence-corrected chi connectivity index (χ4v) is 3.00. The first-order chi connectivity index (χ1) is 14.8. The van der Waals surface area contributed by atoms with Gasteiger partial charge in [0.2, 0.25) is 0 Å². The minimum atomic E-state index is 0.389. The molecule has 1 aromatic heterocycles. The summed E-state index contributed by atoms with van der Waals surface area (Å²) >= 11 is 0. The smallest absolute Gasteiger partial charge is 0.173 e. The van der Waals surface area contributed by atoms with Gasteiger partial charge in [0.05, 0.1) is 24.2 Å². The maximum atomic E-state index is 6.41. The summed E-state index contributed by atoms with van der Waals surface area (Å²) in [4.78, 5) is 8.65. The molecule has 0 radical (unpaired) electrons. The number of hydrazine groups is 1. The van der Waals surface area contributed by atoms with Crippen molar-refractivity contribution in [3.05, 3.63) is 91.3 Å². The van der Waals surface area contributed by atoms with Crippen molar-refractivity contribution in [3.8, 4) is 5.75 Å². The first-order valence-electron chi connectivity index (χ1n) is 9.43. The molecule has 7 nitrogen and oxygen atoms in total. The number of hydrogen-bond donors (Lipinski definition) is 3. The van der Waals surface area contributed by atoms with Crippen LogP contribution in [-0.2, 0) is 0 Å². The van der Waals surface area contributed by atoms with Gasteiger partial charge in [0, 0.05) is 0 Å². The van der Waals surface area contributed by atoms with E-state index >= 15 is 0 Å². The molecule has 7 heteroatoms. The molecule has 3 aromatic carbocycles. The highest BCUT2D eigenvalue weighted by atomic mass is 16.5. The number of aromatic nitrogens is 2. The van der Waals surface area contributed by atoms with Crippen LogP contribution in [0.25, 0.3) is 0 Å². The zero-order valence-electron chi connectivity index (χ0n) is 16.5. The van der Waals surface area contributed by atoms with Gasteiger partial charge in [-0.1, -0.05) is 48.5 Å². The van der Waals surface area contributed by atoms with E-state index in [9.17, 15) is 0 Å². The Balaban J connectivity index is 1.67. The van der Waals surface area contributed by atoms with Gasteiger partial charge in [-0.2, -0.15) is 0 Å². The maximum absolute atomic E-state index is 6.41. The van der Waals surface area contributed by atoms with Gasteiger partial charge in [0.15, 0.2) is 11.6 Å². The van der Waals surface area contributed by atoms with Crippen LogP contribution in [0, 0.1) is 0 Å². The van der Waals surface area contributed by atoms with Crippen molar-refractivity contribution in [2.75, 3.05) is 28.6 Å². The molecule has 0 saturated heterocycles. The van der Waals surface area contributed by atoms with E-state index in [0.717, 1.165) is 17.1 Å². The molecule has 0 amide bonds. The van der Waals surface area contributed by atoms with E-state index < -0.39 is 0 Å². The Bertz CT molecular complexity index is 1070. The summed E-state index contributed by atoms with van der Waals surface area (Å²) < 4.78 is 5.40. The normalized spacial score (nSPS) is 10.3. The van der Waals surface area contributed by atoms with Gasteiger partial charge in [0.1, 0.15) is 17.8 Å². The number of nitrogens with zero attached hydrogens (tertiary/aromatic N) is 3. The summed E-state index contributed by atoms with van der Waals surface area (Å²) in [6.07, 6.45) is 1.46. The van der Waals surface area contributed by atoms with Crippen LogP contribution in [0.4, 0.5) is 34.4 Å². The van der Waals surface area contributed by atoms with Crippen molar-refractivity contribution in [1.82, 2.24) is 9.97 Å². The summed E-state index contributed by atoms with van der Waals surface area (Å²) in [5, 5.41) is 5.15. The average Bonchev–Trinajstić information content (AvgIpc) is 2.81. The fraction of sp³-hybridized carbons (Fsp3) is 0.0435. The van der Waals surface area contributed by atoms with Crippen molar-refractivity contribution in [3.63, 3.8) is 0 Å². The SMILES string of the molecule is COc1ccccc1Nc1ncnc(NN(c2ccccc2)c2ccccc2)c1N. The summed E-state index contributed by atoms with van der Waals surface area (Å²) in [6.45, 7) is 0. The third-order valence-corrected chi connectivity index (χ3v) is 4.49. The van der Waals surface area contributed by atoms with E-state index in [0.29, 0.717) is 23.1 Å². The van der Waals surface area contributed by atoms with Crippen molar-refractivity contribution < 1.29 is 4.74 Å². The van der Waals surface area contributed by atoms with E-state index in [4.69, 9.17) is 10.5 Å². The van der Waals surface area contributed by atoms with Crippen LogP contribution in [0.3, 0.4) is 0 Å². The summed E-state index contributed by atoms with van der Waals surface area (Å²) in [6, 6.07) is 27.5. The van der Waals surface area contributed by atoms with E-state index in [1.54, 1.807) is 7.11 Å². The highest BCUT2D eigenvalue weighted by Gasteiger charge is 2.15. The third-order valence-electron chi connectivity index (χ3n) is 4.49. The average molecular weight is 398 g/mol. The number of anilines is 6. The van der Waals surface area contributed by atoms with Crippen LogP contribution >= 0.6 is 0 Å². The summed E-state index contributed by atoms with van der Waals surface area (Å²) in [5.41, 5.74) is 12.8. The molecule has 0 atom stereocenters. The quantitative estimate of drug-likeness (QED) is 0.379. The molecule has 0 aliphatic rings. The minimum absolute atomic E-state index is 0.389. The molecular weight excluding hydrogens is 376 g/mol. The standard InChI is InChI=1S/C23H22N6O/c1-30-20-15-9-8-14-19(20)27-22-21(24)23(26-16-25-22)28-29(17-10-4-2-5-11-17)18-12-6-3-7-13-18/h2-16H,24H2,1H3,(H2,25,26,27,28). The van der Waals surface area contributed by atoms with Crippen molar-refractivity contribution >= 4 is 34.4 Å². The van der Waals surface area contributed by atoms with Crippen LogP contribution in [0.2, 0.25) is 0 Å². The maximum Gasteiger partial charge on any atom is 0.173 e. The molecule has 150 valence electrons. The predicted molar refractivity (Wildman–Crippen MR) is 121 cm³/mol. The largest absolute Gasteiger partial charge is 0.495 e. The molecular formula is C23H22N6O. The lowest BCUT2D eigenvalue weighted by atomic mass is 10.2. The number of hydrogen-bond acceptors (Lipinski definition) is 7. The van der Waals surface area contributed by atoms with E-state index in [1.807, 2.05) is 89.9 Å². The number of nitrogens with one attached hydrogen (secondary N) is 2. The number of benzene rings is 3.